The van der Waals surface area contributed by atoms with Crippen molar-refractivity contribution in [3.63, 3.8) is 0 Å². The third kappa shape index (κ3) is 3.66. The van der Waals surface area contributed by atoms with Crippen molar-refractivity contribution in [3.8, 4) is 0 Å². The van der Waals surface area contributed by atoms with Crippen molar-refractivity contribution in [1.82, 2.24) is 15.2 Å². The Labute approximate surface area is 133 Å². The molecule has 3 rings (SSSR count). The molecule has 22 heavy (non-hydrogen) atoms. The van der Waals surface area contributed by atoms with Crippen molar-refractivity contribution in [2.45, 2.75) is 31.8 Å². The zero-order valence-electron chi connectivity index (χ0n) is 13.5. The summed E-state index contributed by atoms with van der Waals surface area (Å²) in [6, 6.07) is 4.15. The van der Waals surface area contributed by atoms with Crippen molar-refractivity contribution >= 4 is 0 Å². The van der Waals surface area contributed by atoms with Crippen molar-refractivity contribution in [2.75, 3.05) is 46.1 Å². The highest BCUT2D eigenvalue weighted by Crippen LogP contribution is 2.27. The van der Waals surface area contributed by atoms with Gasteiger partial charge in [0.1, 0.15) is 0 Å². The van der Waals surface area contributed by atoms with Crippen LogP contribution in [0.25, 0.3) is 0 Å². The highest BCUT2D eigenvalue weighted by Gasteiger charge is 2.39. The van der Waals surface area contributed by atoms with E-state index in [2.05, 4.69) is 28.2 Å². The topological polar surface area (TPSA) is 46.6 Å². The molecule has 1 aromatic heterocycles. The Kier molecular flexibility index (Phi) is 5.41. The lowest BCUT2D eigenvalue weighted by atomic mass is 9.89. The van der Waals surface area contributed by atoms with Crippen LogP contribution < -0.4 is 5.32 Å². The molecule has 2 saturated heterocycles. The zero-order valence-corrected chi connectivity index (χ0v) is 13.5. The van der Waals surface area contributed by atoms with E-state index in [1.807, 2.05) is 12.3 Å². The minimum absolute atomic E-state index is 0.123. The molecule has 2 aliphatic heterocycles. The number of morpholine rings is 1. The monoisotopic (exact) mass is 305 g/mol. The van der Waals surface area contributed by atoms with Gasteiger partial charge in [-0.15, -0.1) is 0 Å². The van der Waals surface area contributed by atoms with Crippen LogP contribution in [-0.4, -0.2) is 61.5 Å². The number of hydrogen-bond acceptors (Lipinski definition) is 5. The van der Waals surface area contributed by atoms with Gasteiger partial charge >= 0.3 is 0 Å². The fourth-order valence-electron chi connectivity index (χ4n) is 3.51. The van der Waals surface area contributed by atoms with Gasteiger partial charge in [0.15, 0.2) is 0 Å². The number of aryl methyl sites for hydroxylation is 1. The first-order valence-electron chi connectivity index (χ1n) is 8.32. The smallest absolute Gasteiger partial charge is 0.0662 e. The van der Waals surface area contributed by atoms with Crippen LogP contribution in [-0.2, 0) is 16.0 Å². The number of hydrogen-bond donors (Lipinski definition) is 1. The molecule has 1 aromatic rings. The van der Waals surface area contributed by atoms with Gasteiger partial charge in [-0.05, 0) is 31.4 Å². The Morgan fingerprint density at radius 3 is 2.86 bits per heavy atom. The molecule has 0 spiro atoms. The summed E-state index contributed by atoms with van der Waals surface area (Å²) in [5.41, 5.74) is 2.50. The summed E-state index contributed by atoms with van der Waals surface area (Å²) in [4.78, 5) is 6.93. The maximum absolute atomic E-state index is 5.83. The van der Waals surface area contributed by atoms with Gasteiger partial charge in [-0.3, -0.25) is 9.88 Å². The molecular weight excluding hydrogens is 278 g/mol. The predicted molar refractivity (Wildman–Crippen MR) is 85.9 cm³/mol. The third-order valence-corrected chi connectivity index (χ3v) is 4.87. The van der Waals surface area contributed by atoms with Crippen molar-refractivity contribution < 1.29 is 9.47 Å². The van der Waals surface area contributed by atoms with Crippen LogP contribution in [0.15, 0.2) is 18.3 Å². The van der Waals surface area contributed by atoms with Crippen molar-refractivity contribution in [2.24, 2.45) is 0 Å². The maximum atomic E-state index is 5.83. The molecule has 1 unspecified atom stereocenters. The SMILES string of the molecule is Cc1ncccc1CNCC1(N2CCOCC2)CCCOC1. The molecule has 3 heterocycles. The lowest BCUT2D eigenvalue weighted by Gasteiger charge is -2.47. The summed E-state index contributed by atoms with van der Waals surface area (Å²) in [6.45, 7) is 9.31. The number of pyridine rings is 1. The van der Waals surface area contributed by atoms with Gasteiger partial charge in [0.05, 0.1) is 25.4 Å². The Bertz CT molecular complexity index is 469. The van der Waals surface area contributed by atoms with E-state index in [-0.39, 0.29) is 5.54 Å². The molecule has 2 fully saturated rings. The quantitative estimate of drug-likeness (QED) is 0.890. The van der Waals surface area contributed by atoms with E-state index in [0.717, 1.165) is 64.7 Å². The minimum atomic E-state index is 0.123. The Hall–Kier alpha value is -1.01. The van der Waals surface area contributed by atoms with Crippen LogP contribution in [0.4, 0.5) is 0 Å². The third-order valence-electron chi connectivity index (χ3n) is 4.87. The van der Waals surface area contributed by atoms with E-state index in [0.29, 0.717) is 0 Å². The second kappa shape index (κ2) is 7.51. The van der Waals surface area contributed by atoms with E-state index < -0.39 is 0 Å². The van der Waals surface area contributed by atoms with E-state index >= 15 is 0 Å². The summed E-state index contributed by atoms with van der Waals surface area (Å²) >= 11 is 0. The summed E-state index contributed by atoms with van der Waals surface area (Å²) < 4.78 is 11.3. The normalized spacial score (nSPS) is 27.0. The number of nitrogens with one attached hydrogen (secondary N) is 1. The van der Waals surface area contributed by atoms with Gasteiger partial charge in [0.25, 0.3) is 0 Å². The molecule has 0 saturated carbocycles. The first-order valence-corrected chi connectivity index (χ1v) is 8.32. The zero-order chi connectivity index (χ0) is 15.3. The predicted octanol–water partition coefficient (Wildman–Crippen LogP) is 1.36. The molecule has 1 atom stereocenters. The number of aromatic nitrogens is 1. The lowest BCUT2D eigenvalue weighted by Crippen LogP contribution is -2.62. The molecular formula is C17H27N3O2. The largest absolute Gasteiger partial charge is 0.379 e. The van der Waals surface area contributed by atoms with E-state index in [4.69, 9.17) is 9.47 Å². The Morgan fingerprint density at radius 2 is 2.14 bits per heavy atom. The Morgan fingerprint density at radius 1 is 1.27 bits per heavy atom. The molecule has 5 nitrogen and oxygen atoms in total. The van der Waals surface area contributed by atoms with Crippen molar-refractivity contribution in [3.05, 3.63) is 29.6 Å². The highest BCUT2D eigenvalue weighted by atomic mass is 16.5. The molecule has 0 aromatic carbocycles. The van der Waals surface area contributed by atoms with E-state index in [1.165, 1.54) is 12.0 Å². The minimum Gasteiger partial charge on any atom is -0.379 e. The molecule has 0 amide bonds. The van der Waals surface area contributed by atoms with Crippen molar-refractivity contribution in [1.29, 1.82) is 0 Å². The van der Waals surface area contributed by atoms with Gasteiger partial charge in [-0.25, -0.2) is 0 Å². The first kappa shape index (κ1) is 15.9. The second-order valence-corrected chi connectivity index (χ2v) is 6.33. The summed E-state index contributed by atoms with van der Waals surface area (Å²) in [7, 11) is 0. The number of rotatable bonds is 5. The maximum Gasteiger partial charge on any atom is 0.0662 e. The van der Waals surface area contributed by atoms with Gasteiger partial charge in [0.2, 0.25) is 0 Å². The van der Waals surface area contributed by atoms with Crippen LogP contribution in [0.5, 0.6) is 0 Å². The van der Waals surface area contributed by atoms with Crippen LogP contribution in [0, 0.1) is 6.92 Å². The Balaban J connectivity index is 1.61. The molecule has 5 heteroatoms. The van der Waals surface area contributed by atoms with Crippen LogP contribution in [0.3, 0.4) is 0 Å². The van der Waals surface area contributed by atoms with Gasteiger partial charge in [0, 0.05) is 44.7 Å². The number of nitrogens with zero attached hydrogens (tertiary/aromatic N) is 2. The second-order valence-electron chi connectivity index (χ2n) is 6.33. The molecule has 122 valence electrons. The molecule has 0 radical (unpaired) electrons. The lowest BCUT2D eigenvalue weighted by molar-refractivity contribution is -0.0850. The average molecular weight is 305 g/mol. The summed E-state index contributed by atoms with van der Waals surface area (Å²) in [6.07, 6.45) is 4.19. The van der Waals surface area contributed by atoms with Crippen LogP contribution in [0.1, 0.15) is 24.1 Å². The van der Waals surface area contributed by atoms with Gasteiger partial charge in [-0.2, -0.15) is 0 Å². The van der Waals surface area contributed by atoms with E-state index in [9.17, 15) is 0 Å². The van der Waals surface area contributed by atoms with Gasteiger partial charge in [-0.1, -0.05) is 6.07 Å². The first-order chi connectivity index (χ1) is 10.8. The summed E-state index contributed by atoms with van der Waals surface area (Å²) in [5.74, 6) is 0. The molecule has 2 aliphatic rings. The average Bonchev–Trinajstić information content (AvgIpc) is 2.58. The molecule has 0 aliphatic carbocycles. The van der Waals surface area contributed by atoms with Crippen LogP contribution >= 0.6 is 0 Å². The fourth-order valence-corrected chi connectivity index (χ4v) is 3.51. The molecule has 1 N–H and O–H groups in total. The standard InChI is InChI=1S/C17H27N3O2/c1-15-16(4-2-6-19-15)12-18-13-17(5-3-9-22-14-17)20-7-10-21-11-8-20/h2,4,6,18H,3,5,7-14H2,1H3. The molecule has 0 bridgehead atoms. The van der Waals surface area contributed by atoms with Gasteiger partial charge < -0.3 is 14.8 Å². The summed E-state index contributed by atoms with van der Waals surface area (Å²) in [5, 5.41) is 3.65. The highest BCUT2D eigenvalue weighted by molar-refractivity contribution is 5.18. The number of ether oxygens (including phenoxy) is 2. The van der Waals surface area contributed by atoms with Crippen LogP contribution in [0.2, 0.25) is 0 Å². The fraction of sp³-hybridized carbons (Fsp3) is 0.706. The van der Waals surface area contributed by atoms with E-state index in [1.54, 1.807) is 0 Å².